The normalized spacial score (nSPS) is 19.6. The van der Waals surface area contributed by atoms with Gasteiger partial charge in [-0.25, -0.2) is 4.98 Å². The predicted molar refractivity (Wildman–Crippen MR) is 63.3 cm³/mol. The van der Waals surface area contributed by atoms with E-state index in [1.165, 1.54) is 12.3 Å². The number of nitro groups is 1. The number of rotatable bonds is 3. The number of anilines is 1. The van der Waals surface area contributed by atoms with Crippen molar-refractivity contribution in [3.8, 4) is 0 Å². The van der Waals surface area contributed by atoms with Crippen LogP contribution in [-0.2, 0) is 0 Å². The summed E-state index contributed by atoms with van der Waals surface area (Å²) in [6.45, 7) is 1.35. The van der Waals surface area contributed by atoms with Crippen LogP contribution in [0.1, 0.15) is 6.42 Å². The molecule has 1 aliphatic rings. The molecule has 2 rings (SSSR count). The lowest BCUT2D eigenvalue weighted by Gasteiger charge is -2.16. The smallest absolute Gasteiger partial charge is 0.313 e. The average Bonchev–Trinajstić information content (AvgIpc) is 2.77. The van der Waals surface area contributed by atoms with Crippen LogP contribution in [0.2, 0.25) is 5.02 Å². The van der Waals surface area contributed by atoms with Gasteiger partial charge in [0.05, 0.1) is 9.95 Å². The Morgan fingerprint density at radius 3 is 3.06 bits per heavy atom. The van der Waals surface area contributed by atoms with E-state index in [4.69, 9.17) is 16.7 Å². The van der Waals surface area contributed by atoms with Crippen molar-refractivity contribution in [3.05, 3.63) is 27.4 Å². The van der Waals surface area contributed by atoms with Crippen LogP contribution in [0.15, 0.2) is 12.3 Å². The third-order valence-corrected chi connectivity index (χ3v) is 3.06. The first-order chi connectivity index (χ1) is 8.11. The van der Waals surface area contributed by atoms with Gasteiger partial charge in [-0.2, -0.15) is 0 Å². The van der Waals surface area contributed by atoms with Gasteiger partial charge < -0.3 is 10.0 Å². The van der Waals surface area contributed by atoms with Crippen molar-refractivity contribution in [2.24, 2.45) is 5.92 Å². The summed E-state index contributed by atoms with van der Waals surface area (Å²) in [4.78, 5) is 16.3. The van der Waals surface area contributed by atoms with E-state index in [-0.39, 0.29) is 23.2 Å². The number of aliphatic hydroxyl groups is 1. The molecule has 0 aliphatic carbocycles. The maximum absolute atomic E-state index is 10.9. The molecule has 1 N–H and O–H groups in total. The highest BCUT2D eigenvalue weighted by molar-refractivity contribution is 6.30. The van der Waals surface area contributed by atoms with Crippen LogP contribution in [0.3, 0.4) is 0 Å². The topological polar surface area (TPSA) is 79.5 Å². The molecule has 1 aromatic rings. The van der Waals surface area contributed by atoms with Gasteiger partial charge in [0.1, 0.15) is 0 Å². The third-order valence-electron chi connectivity index (χ3n) is 2.85. The van der Waals surface area contributed by atoms with Crippen molar-refractivity contribution < 1.29 is 10.0 Å². The zero-order valence-corrected chi connectivity index (χ0v) is 9.80. The molecule has 1 atom stereocenters. The summed E-state index contributed by atoms with van der Waals surface area (Å²) in [7, 11) is 0. The molecule has 0 amide bonds. The first-order valence-corrected chi connectivity index (χ1v) is 5.65. The van der Waals surface area contributed by atoms with Crippen LogP contribution in [0.25, 0.3) is 0 Å². The Bertz CT molecular complexity index is 441. The molecule has 0 spiro atoms. The average molecular weight is 258 g/mol. The van der Waals surface area contributed by atoms with Gasteiger partial charge in [0.25, 0.3) is 0 Å². The number of aromatic nitrogens is 1. The minimum absolute atomic E-state index is 0.0870. The summed E-state index contributed by atoms with van der Waals surface area (Å²) < 4.78 is 0. The van der Waals surface area contributed by atoms with Gasteiger partial charge in [0.15, 0.2) is 0 Å². The summed E-state index contributed by atoms with van der Waals surface area (Å²) >= 11 is 5.70. The molecule has 1 aromatic heterocycles. The zero-order chi connectivity index (χ0) is 12.4. The number of hydrogen-bond acceptors (Lipinski definition) is 5. The summed E-state index contributed by atoms with van der Waals surface area (Å²) in [5.41, 5.74) is -0.0870. The fraction of sp³-hybridized carbons (Fsp3) is 0.500. The first kappa shape index (κ1) is 12.1. The predicted octanol–water partition coefficient (Wildman–Crippen LogP) is 1.46. The minimum Gasteiger partial charge on any atom is -0.396 e. The van der Waals surface area contributed by atoms with Gasteiger partial charge in [-0.1, -0.05) is 11.6 Å². The van der Waals surface area contributed by atoms with E-state index in [1.807, 2.05) is 4.90 Å². The molecule has 0 saturated carbocycles. The molecule has 0 aromatic carbocycles. The molecule has 1 aliphatic heterocycles. The van der Waals surface area contributed by atoms with Gasteiger partial charge in [0.2, 0.25) is 5.82 Å². The highest BCUT2D eigenvalue weighted by atomic mass is 35.5. The second-order valence-electron chi connectivity index (χ2n) is 4.04. The fourth-order valence-electron chi connectivity index (χ4n) is 1.97. The maximum Gasteiger partial charge on any atom is 0.313 e. The maximum atomic E-state index is 10.9. The third kappa shape index (κ3) is 2.48. The van der Waals surface area contributed by atoms with Crippen molar-refractivity contribution in [2.75, 3.05) is 24.6 Å². The van der Waals surface area contributed by atoms with Gasteiger partial charge in [-0.05, 0) is 6.42 Å². The molecule has 92 valence electrons. The van der Waals surface area contributed by atoms with Crippen LogP contribution >= 0.6 is 11.6 Å². The number of aliphatic hydroxyl groups excluding tert-OH is 1. The van der Waals surface area contributed by atoms with E-state index in [1.54, 1.807) is 0 Å². The molecule has 7 heteroatoms. The molecule has 1 fully saturated rings. The fourth-order valence-corrected chi connectivity index (χ4v) is 2.13. The summed E-state index contributed by atoms with van der Waals surface area (Å²) in [6, 6.07) is 1.30. The van der Waals surface area contributed by atoms with Gasteiger partial charge in [-0.15, -0.1) is 0 Å². The van der Waals surface area contributed by atoms with E-state index < -0.39 is 4.92 Å². The number of hydrogen-bond donors (Lipinski definition) is 1. The SMILES string of the molecule is O=[N+]([O-])c1cc(Cl)cnc1N1CCC(CO)C1. The molecular weight excluding hydrogens is 246 g/mol. The Balaban J connectivity index is 2.29. The Kier molecular flexibility index (Phi) is 3.44. The Hall–Kier alpha value is -1.40. The molecule has 1 saturated heterocycles. The van der Waals surface area contributed by atoms with Crippen molar-refractivity contribution >= 4 is 23.1 Å². The molecule has 0 radical (unpaired) electrons. The Labute approximate surface area is 103 Å². The van der Waals surface area contributed by atoms with Gasteiger partial charge >= 0.3 is 5.69 Å². The van der Waals surface area contributed by atoms with E-state index in [9.17, 15) is 10.1 Å². The number of nitrogens with zero attached hydrogens (tertiary/aromatic N) is 3. The standard InChI is InChI=1S/C10H12ClN3O3/c11-8-3-9(14(16)17)10(12-4-8)13-2-1-7(5-13)6-15/h3-4,7,15H,1-2,5-6H2. The number of pyridine rings is 1. The van der Waals surface area contributed by atoms with E-state index in [0.717, 1.165) is 6.42 Å². The molecule has 6 nitrogen and oxygen atoms in total. The monoisotopic (exact) mass is 257 g/mol. The van der Waals surface area contributed by atoms with Crippen LogP contribution < -0.4 is 4.90 Å². The van der Waals surface area contributed by atoms with Crippen molar-refractivity contribution in [1.82, 2.24) is 4.98 Å². The summed E-state index contributed by atoms with van der Waals surface area (Å²) in [5, 5.41) is 20.2. The van der Waals surface area contributed by atoms with Crippen LogP contribution in [0.5, 0.6) is 0 Å². The quantitative estimate of drug-likeness (QED) is 0.655. The van der Waals surface area contributed by atoms with E-state index >= 15 is 0 Å². The van der Waals surface area contributed by atoms with Gasteiger partial charge in [0, 0.05) is 37.9 Å². The molecule has 1 unspecified atom stereocenters. The lowest BCUT2D eigenvalue weighted by molar-refractivity contribution is -0.384. The van der Waals surface area contributed by atoms with Crippen molar-refractivity contribution in [3.63, 3.8) is 0 Å². The lowest BCUT2D eigenvalue weighted by Crippen LogP contribution is -2.22. The van der Waals surface area contributed by atoms with Crippen molar-refractivity contribution in [1.29, 1.82) is 0 Å². The minimum atomic E-state index is -0.486. The molecule has 17 heavy (non-hydrogen) atoms. The summed E-state index contributed by atoms with van der Waals surface area (Å²) in [5.74, 6) is 0.488. The lowest BCUT2D eigenvalue weighted by atomic mass is 10.1. The van der Waals surface area contributed by atoms with Crippen LogP contribution in [0.4, 0.5) is 11.5 Å². The Morgan fingerprint density at radius 1 is 1.71 bits per heavy atom. The largest absolute Gasteiger partial charge is 0.396 e. The zero-order valence-electron chi connectivity index (χ0n) is 9.04. The van der Waals surface area contributed by atoms with Crippen molar-refractivity contribution in [2.45, 2.75) is 6.42 Å². The molecule has 0 bridgehead atoms. The summed E-state index contributed by atoms with van der Waals surface area (Å²) in [6.07, 6.45) is 2.22. The van der Waals surface area contributed by atoms with Gasteiger partial charge in [-0.3, -0.25) is 10.1 Å². The van der Waals surface area contributed by atoms with E-state index in [2.05, 4.69) is 4.98 Å². The van der Waals surface area contributed by atoms with E-state index in [0.29, 0.717) is 18.9 Å². The first-order valence-electron chi connectivity index (χ1n) is 5.27. The molecule has 2 heterocycles. The molecular formula is C10H12ClN3O3. The van der Waals surface area contributed by atoms with Crippen LogP contribution in [-0.4, -0.2) is 34.7 Å². The highest BCUT2D eigenvalue weighted by Gasteiger charge is 2.28. The number of halogens is 1. The second-order valence-corrected chi connectivity index (χ2v) is 4.47. The van der Waals surface area contributed by atoms with Crippen LogP contribution in [0, 0.1) is 16.0 Å². The second kappa shape index (κ2) is 4.85. The Morgan fingerprint density at radius 2 is 2.47 bits per heavy atom. The highest BCUT2D eigenvalue weighted by Crippen LogP contribution is 2.31.